The first-order valence-corrected chi connectivity index (χ1v) is 7.78. The lowest BCUT2D eigenvalue weighted by atomic mass is 10.0. The fourth-order valence-electron chi connectivity index (χ4n) is 2.32. The molecule has 18 heavy (non-hydrogen) atoms. The summed E-state index contributed by atoms with van der Waals surface area (Å²) in [7, 11) is 0. The van der Waals surface area contributed by atoms with Crippen molar-refractivity contribution in [2.75, 3.05) is 19.6 Å². The van der Waals surface area contributed by atoms with Crippen molar-refractivity contribution in [1.29, 1.82) is 0 Å². The highest BCUT2D eigenvalue weighted by Gasteiger charge is 2.22. The van der Waals surface area contributed by atoms with Gasteiger partial charge in [0, 0.05) is 27.3 Å². The zero-order chi connectivity index (χ0) is 13.0. The van der Waals surface area contributed by atoms with E-state index in [2.05, 4.69) is 37.6 Å². The minimum Gasteiger partial charge on any atom is -0.369 e. The number of carbonyl (C=O) groups excluding carboxylic acids is 1. The first-order valence-electron chi connectivity index (χ1n) is 6.11. The molecule has 0 radical (unpaired) electrons. The molecule has 1 amide bonds. The maximum absolute atomic E-state index is 11.2. The van der Waals surface area contributed by atoms with Crippen molar-refractivity contribution in [3.63, 3.8) is 0 Å². The molecule has 0 unspecified atom stereocenters. The van der Waals surface area contributed by atoms with E-state index in [9.17, 15) is 4.79 Å². The van der Waals surface area contributed by atoms with Crippen LogP contribution in [0.2, 0.25) is 0 Å². The summed E-state index contributed by atoms with van der Waals surface area (Å²) in [6, 6.07) is 2.57. The van der Waals surface area contributed by atoms with Crippen molar-refractivity contribution in [3.8, 4) is 0 Å². The van der Waals surface area contributed by atoms with Crippen molar-refractivity contribution < 1.29 is 4.79 Å². The molecule has 0 atom stereocenters. The van der Waals surface area contributed by atoms with Gasteiger partial charge in [0.15, 0.2) is 0 Å². The van der Waals surface area contributed by atoms with E-state index in [1.54, 1.807) is 11.3 Å². The van der Waals surface area contributed by atoms with Gasteiger partial charge < -0.3 is 11.1 Å². The highest BCUT2D eigenvalue weighted by atomic mass is 79.9. The summed E-state index contributed by atoms with van der Waals surface area (Å²) >= 11 is 5.17. The second-order valence-electron chi connectivity index (χ2n) is 4.58. The third kappa shape index (κ3) is 4.05. The van der Waals surface area contributed by atoms with Crippen LogP contribution in [0.15, 0.2) is 15.9 Å². The van der Waals surface area contributed by atoms with Crippen LogP contribution in [0.3, 0.4) is 0 Å². The van der Waals surface area contributed by atoms with E-state index in [4.69, 9.17) is 5.73 Å². The summed E-state index contributed by atoms with van der Waals surface area (Å²) in [4.78, 5) is 14.7. The SMILES string of the molecule is NC(=O)CN(Cc1cc(Br)cs1)C1CCNCC1. The Hall–Kier alpha value is -0.430. The van der Waals surface area contributed by atoms with E-state index in [-0.39, 0.29) is 5.91 Å². The van der Waals surface area contributed by atoms with Crippen LogP contribution in [0.1, 0.15) is 17.7 Å². The van der Waals surface area contributed by atoms with Crippen LogP contribution >= 0.6 is 27.3 Å². The highest BCUT2D eigenvalue weighted by Crippen LogP contribution is 2.23. The van der Waals surface area contributed by atoms with Crippen molar-refractivity contribution in [2.45, 2.75) is 25.4 Å². The summed E-state index contributed by atoms with van der Waals surface area (Å²) in [5.41, 5.74) is 5.36. The molecule has 0 spiro atoms. The summed E-state index contributed by atoms with van der Waals surface area (Å²) in [5, 5.41) is 5.41. The van der Waals surface area contributed by atoms with Crippen LogP contribution in [-0.4, -0.2) is 36.5 Å². The van der Waals surface area contributed by atoms with Gasteiger partial charge >= 0.3 is 0 Å². The Morgan fingerprint density at radius 3 is 2.83 bits per heavy atom. The van der Waals surface area contributed by atoms with Crippen LogP contribution in [0.4, 0.5) is 0 Å². The molecule has 0 bridgehead atoms. The molecule has 100 valence electrons. The van der Waals surface area contributed by atoms with Gasteiger partial charge in [0.1, 0.15) is 0 Å². The van der Waals surface area contributed by atoms with Crippen molar-refractivity contribution in [3.05, 3.63) is 20.8 Å². The lowest BCUT2D eigenvalue weighted by Crippen LogP contribution is -2.45. The third-order valence-corrected chi connectivity index (χ3v) is 4.85. The number of hydrogen-bond acceptors (Lipinski definition) is 4. The average molecular weight is 332 g/mol. The van der Waals surface area contributed by atoms with Crippen LogP contribution in [0, 0.1) is 0 Å². The van der Waals surface area contributed by atoms with Gasteiger partial charge in [0.25, 0.3) is 0 Å². The molecule has 1 aromatic rings. The number of piperidine rings is 1. The predicted octanol–water partition coefficient (Wildman–Crippen LogP) is 1.55. The van der Waals surface area contributed by atoms with E-state index in [0.717, 1.165) is 36.9 Å². The molecule has 0 aliphatic carbocycles. The van der Waals surface area contributed by atoms with E-state index >= 15 is 0 Å². The van der Waals surface area contributed by atoms with Crippen LogP contribution in [0.5, 0.6) is 0 Å². The minimum absolute atomic E-state index is 0.246. The average Bonchev–Trinajstić information content (AvgIpc) is 2.75. The number of rotatable bonds is 5. The quantitative estimate of drug-likeness (QED) is 0.860. The highest BCUT2D eigenvalue weighted by molar-refractivity contribution is 9.10. The zero-order valence-electron chi connectivity index (χ0n) is 10.2. The molecule has 1 aromatic heterocycles. The molecule has 2 rings (SSSR count). The lowest BCUT2D eigenvalue weighted by molar-refractivity contribution is -0.120. The molecule has 1 aliphatic rings. The number of carbonyl (C=O) groups is 1. The van der Waals surface area contributed by atoms with Gasteiger partial charge in [-0.1, -0.05) is 0 Å². The summed E-state index contributed by atoms with van der Waals surface area (Å²) in [6.45, 7) is 3.20. The van der Waals surface area contributed by atoms with Crippen LogP contribution in [-0.2, 0) is 11.3 Å². The molecule has 3 N–H and O–H groups in total. The number of primary amides is 1. The summed E-state index contributed by atoms with van der Waals surface area (Å²) in [5.74, 6) is -0.246. The molecule has 0 aromatic carbocycles. The Labute approximate surface area is 120 Å². The van der Waals surface area contributed by atoms with Crippen molar-refractivity contribution in [1.82, 2.24) is 10.2 Å². The number of nitrogens with two attached hydrogens (primary N) is 1. The molecule has 1 saturated heterocycles. The standard InChI is InChI=1S/C12H18BrN3OS/c13-9-5-11(18-8-9)6-16(7-12(14)17)10-1-3-15-4-2-10/h5,8,10,15H,1-4,6-7H2,(H2,14,17). The van der Waals surface area contributed by atoms with Crippen LogP contribution < -0.4 is 11.1 Å². The number of thiophene rings is 1. The molecule has 1 fully saturated rings. The second kappa shape index (κ2) is 6.65. The van der Waals surface area contributed by atoms with Crippen molar-refractivity contribution >= 4 is 33.2 Å². The smallest absolute Gasteiger partial charge is 0.231 e. The second-order valence-corrected chi connectivity index (χ2v) is 6.50. The zero-order valence-corrected chi connectivity index (χ0v) is 12.6. The normalized spacial score (nSPS) is 17.2. The van der Waals surface area contributed by atoms with Crippen molar-refractivity contribution in [2.24, 2.45) is 5.73 Å². The monoisotopic (exact) mass is 331 g/mol. The number of nitrogens with one attached hydrogen (secondary N) is 1. The first kappa shape index (κ1) is 14.0. The molecule has 4 nitrogen and oxygen atoms in total. The Bertz CT molecular complexity index is 404. The van der Waals surface area contributed by atoms with Gasteiger partial charge in [-0.15, -0.1) is 11.3 Å². The van der Waals surface area contributed by atoms with E-state index < -0.39 is 0 Å². The molecule has 2 heterocycles. The number of hydrogen-bond donors (Lipinski definition) is 2. The minimum atomic E-state index is -0.246. The maximum Gasteiger partial charge on any atom is 0.231 e. The van der Waals surface area contributed by atoms with E-state index in [0.29, 0.717) is 12.6 Å². The van der Waals surface area contributed by atoms with E-state index in [1.807, 2.05) is 0 Å². The third-order valence-electron chi connectivity index (χ3n) is 3.16. The van der Waals surface area contributed by atoms with Crippen LogP contribution in [0.25, 0.3) is 0 Å². The number of halogens is 1. The Morgan fingerprint density at radius 1 is 1.56 bits per heavy atom. The number of amides is 1. The Morgan fingerprint density at radius 2 is 2.28 bits per heavy atom. The predicted molar refractivity (Wildman–Crippen MR) is 77.5 cm³/mol. The molecule has 6 heteroatoms. The van der Waals surface area contributed by atoms with Gasteiger partial charge in [0.05, 0.1) is 6.54 Å². The Kier molecular flexibility index (Phi) is 5.17. The van der Waals surface area contributed by atoms with Gasteiger partial charge in [-0.3, -0.25) is 9.69 Å². The first-order chi connectivity index (χ1) is 8.65. The molecular weight excluding hydrogens is 314 g/mol. The fraction of sp³-hybridized carbons (Fsp3) is 0.583. The molecule has 0 saturated carbocycles. The molecular formula is C12H18BrN3OS. The number of nitrogens with zero attached hydrogens (tertiary/aromatic N) is 1. The molecule has 1 aliphatic heterocycles. The van der Waals surface area contributed by atoms with Gasteiger partial charge in [-0.25, -0.2) is 0 Å². The largest absolute Gasteiger partial charge is 0.369 e. The Balaban J connectivity index is 2.01. The summed E-state index contributed by atoms with van der Waals surface area (Å²) < 4.78 is 1.10. The maximum atomic E-state index is 11.2. The van der Waals surface area contributed by atoms with Gasteiger partial charge in [-0.05, 0) is 47.9 Å². The lowest BCUT2D eigenvalue weighted by Gasteiger charge is -2.33. The van der Waals surface area contributed by atoms with Gasteiger partial charge in [-0.2, -0.15) is 0 Å². The fourth-order valence-corrected chi connectivity index (χ4v) is 3.80. The topological polar surface area (TPSA) is 58.4 Å². The van der Waals surface area contributed by atoms with E-state index in [1.165, 1.54) is 4.88 Å². The summed E-state index contributed by atoms with van der Waals surface area (Å²) in [6.07, 6.45) is 2.17. The van der Waals surface area contributed by atoms with Gasteiger partial charge in [0.2, 0.25) is 5.91 Å².